The van der Waals surface area contributed by atoms with Crippen molar-refractivity contribution < 1.29 is 14.3 Å². The lowest BCUT2D eigenvalue weighted by atomic mass is 10.1. The molecular weight excluding hydrogens is 344 g/mol. The van der Waals surface area contributed by atoms with Crippen LogP contribution in [0.2, 0.25) is 0 Å². The molecule has 0 aliphatic carbocycles. The van der Waals surface area contributed by atoms with Gasteiger partial charge in [0.05, 0.1) is 23.9 Å². The highest BCUT2D eigenvalue weighted by Crippen LogP contribution is 2.18. The van der Waals surface area contributed by atoms with Gasteiger partial charge in [0.2, 0.25) is 5.43 Å². The molecule has 3 rings (SSSR count). The van der Waals surface area contributed by atoms with Gasteiger partial charge in [-0.3, -0.25) is 9.59 Å². The largest absolute Gasteiger partial charge is 0.465 e. The minimum atomic E-state index is -0.568. The number of para-hydroxylation sites is 1. The maximum absolute atomic E-state index is 12.9. The van der Waals surface area contributed by atoms with Crippen LogP contribution < -0.4 is 10.7 Å². The summed E-state index contributed by atoms with van der Waals surface area (Å²) >= 11 is 0. The Morgan fingerprint density at radius 3 is 2.56 bits per heavy atom. The van der Waals surface area contributed by atoms with Gasteiger partial charge in [0.15, 0.2) is 0 Å². The Hall–Kier alpha value is -3.41. The molecule has 0 saturated heterocycles. The zero-order valence-electron chi connectivity index (χ0n) is 15.4. The summed E-state index contributed by atoms with van der Waals surface area (Å²) < 4.78 is 6.60. The van der Waals surface area contributed by atoms with E-state index in [1.54, 1.807) is 36.5 Å². The Labute approximate surface area is 156 Å². The third-order valence-corrected chi connectivity index (χ3v) is 4.40. The molecule has 6 nitrogen and oxygen atoms in total. The van der Waals surface area contributed by atoms with Gasteiger partial charge in [-0.15, -0.1) is 0 Å². The maximum atomic E-state index is 12.9. The summed E-state index contributed by atoms with van der Waals surface area (Å²) in [7, 11) is 1.27. The topological polar surface area (TPSA) is 77.4 Å². The van der Waals surface area contributed by atoms with Crippen molar-refractivity contribution in [2.75, 3.05) is 12.4 Å². The third-order valence-electron chi connectivity index (χ3n) is 4.40. The van der Waals surface area contributed by atoms with Crippen molar-refractivity contribution in [3.8, 4) is 0 Å². The van der Waals surface area contributed by atoms with Crippen LogP contribution in [0.1, 0.15) is 33.2 Å². The van der Waals surface area contributed by atoms with E-state index < -0.39 is 11.9 Å². The van der Waals surface area contributed by atoms with Crippen molar-refractivity contribution in [2.24, 2.45) is 0 Å². The summed E-state index contributed by atoms with van der Waals surface area (Å²) in [6.45, 7) is 4.45. The van der Waals surface area contributed by atoms with E-state index in [0.29, 0.717) is 17.6 Å². The number of amides is 1. The quantitative estimate of drug-likeness (QED) is 0.720. The van der Waals surface area contributed by atoms with Crippen LogP contribution in [0.25, 0.3) is 10.9 Å². The summed E-state index contributed by atoms with van der Waals surface area (Å²) in [4.78, 5) is 37.6. The molecule has 0 saturated carbocycles. The highest BCUT2D eigenvalue weighted by atomic mass is 16.5. The van der Waals surface area contributed by atoms with Crippen molar-refractivity contribution in [1.29, 1.82) is 0 Å². The normalized spacial score (nSPS) is 10.6. The fourth-order valence-corrected chi connectivity index (χ4v) is 3.00. The van der Waals surface area contributed by atoms with Gasteiger partial charge in [0, 0.05) is 18.1 Å². The number of carbonyl (C=O) groups excluding carboxylic acids is 2. The molecule has 1 heterocycles. The third kappa shape index (κ3) is 3.46. The Morgan fingerprint density at radius 1 is 1.11 bits per heavy atom. The number of nitrogens with zero attached hydrogens (tertiary/aromatic N) is 1. The smallest absolute Gasteiger partial charge is 0.339 e. The maximum Gasteiger partial charge on any atom is 0.339 e. The standard InChI is InChI=1S/C21H20N2O4/c1-4-23-12-16(19(24)15-11-13(2)9-10-18(15)23)20(25)22-17-8-6-5-7-14(17)21(26)27-3/h5-12H,4H2,1-3H3,(H,22,25). The van der Waals surface area contributed by atoms with Crippen LogP contribution in [-0.2, 0) is 11.3 Å². The summed E-state index contributed by atoms with van der Waals surface area (Å²) in [6.07, 6.45) is 1.55. The van der Waals surface area contributed by atoms with E-state index in [4.69, 9.17) is 4.74 Å². The molecule has 0 fully saturated rings. The number of methoxy groups -OCH3 is 1. The number of pyridine rings is 1. The minimum Gasteiger partial charge on any atom is -0.465 e. The van der Waals surface area contributed by atoms with E-state index in [1.165, 1.54) is 7.11 Å². The molecule has 2 aromatic carbocycles. The Balaban J connectivity index is 2.09. The number of aromatic nitrogens is 1. The van der Waals surface area contributed by atoms with Gasteiger partial charge in [-0.1, -0.05) is 23.8 Å². The zero-order valence-corrected chi connectivity index (χ0v) is 15.4. The van der Waals surface area contributed by atoms with E-state index in [2.05, 4.69) is 5.32 Å². The van der Waals surface area contributed by atoms with Crippen LogP contribution >= 0.6 is 0 Å². The van der Waals surface area contributed by atoms with E-state index in [9.17, 15) is 14.4 Å². The summed E-state index contributed by atoms with van der Waals surface area (Å²) in [5, 5.41) is 3.15. The van der Waals surface area contributed by atoms with Gasteiger partial charge in [0.25, 0.3) is 5.91 Å². The molecule has 27 heavy (non-hydrogen) atoms. The monoisotopic (exact) mass is 364 g/mol. The molecule has 6 heteroatoms. The number of fused-ring (bicyclic) bond motifs is 1. The number of hydrogen-bond donors (Lipinski definition) is 1. The van der Waals surface area contributed by atoms with E-state index in [0.717, 1.165) is 11.1 Å². The lowest BCUT2D eigenvalue weighted by Gasteiger charge is -2.13. The lowest BCUT2D eigenvalue weighted by Crippen LogP contribution is -2.24. The van der Waals surface area contributed by atoms with Gasteiger partial charge >= 0.3 is 5.97 Å². The van der Waals surface area contributed by atoms with Gasteiger partial charge in [-0.25, -0.2) is 4.79 Å². The number of hydrogen-bond acceptors (Lipinski definition) is 4. The number of nitrogens with one attached hydrogen (secondary N) is 1. The number of anilines is 1. The molecule has 0 bridgehead atoms. The SMILES string of the molecule is CCn1cc(C(=O)Nc2ccccc2C(=O)OC)c(=O)c2cc(C)ccc21. The first-order chi connectivity index (χ1) is 13.0. The Kier molecular flexibility index (Phi) is 5.07. The molecule has 0 aliphatic heterocycles. The molecule has 1 aromatic heterocycles. The first-order valence-corrected chi connectivity index (χ1v) is 8.58. The predicted molar refractivity (Wildman–Crippen MR) is 104 cm³/mol. The van der Waals surface area contributed by atoms with E-state index in [1.807, 2.05) is 30.5 Å². The van der Waals surface area contributed by atoms with Crippen LogP contribution in [-0.4, -0.2) is 23.6 Å². The minimum absolute atomic E-state index is 0.0228. The first kappa shape index (κ1) is 18.4. The molecule has 0 atom stereocenters. The Bertz CT molecular complexity index is 1100. The van der Waals surface area contributed by atoms with Crippen LogP contribution in [0.3, 0.4) is 0 Å². The van der Waals surface area contributed by atoms with Crippen molar-refractivity contribution in [1.82, 2.24) is 4.57 Å². The highest BCUT2D eigenvalue weighted by molar-refractivity contribution is 6.09. The van der Waals surface area contributed by atoms with Gasteiger partial charge in [-0.2, -0.15) is 0 Å². The molecule has 1 N–H and O–H groups in total. The molecule has 1 amide bonds. The molecule has 0 spiro atoms. The second-order valence-corrected chi connectivity index (χ2v) is 6.17. The fraction of sp³-hybridized carbons (Fsp3) is 0.190. The van der Waals surface area contributed by atoms with E-state index >= 15 is 0 Å². The lowest BCUT2D eigenvalue weighted by molar-refractivity contribution is 0.0602. The predicted octanol–water partition coefficient (Wildman–Crippen LogP) is 3.37. The molecular formula is C21H20N2O4. The molecule has 3 aromatic rings. The number of carbonyl (C=O) groups is 2. The summed E-state index contributed by atoms with van der Waals surface area (Å²) in [5.74, 6) is -1.13. The highest BCUT2D eigenvalue weighted by Gasteiger charge is 2.18. The van der Waals surface area contributed by atoms with E-state index in [-0.39, 0.29) is 16.6 Å². The number of rotatable bonds is 4. The molecule has 138 valence electrons. The van der Waals surface area contributed by atoms with Crippen molar-refractivity contribution in [2.45, 2.75) is 20.4 Å². The second kappa shape index (κ2) is 7.45. The molecule has 0 radical (unpaired) electrons. The number of aryl methyl sites for hydroxylation is 2. The average Bonchev–Trinajstić information content (AvgIpc) is 2.68. The summed E-state index contributed by atoms with van der Waals surface area (Å²) in [5.41, 5.74) is 1.92. The van der Waals surface area contributed by atoms with Crippen LogP contribution in [0, 0.1) is 6.92 Å². The van der Waals surface area contributed by atoms with Crippen LogP contribution in [0.15, 0.2) is 53.5 Å². The van der Waals surface area contributed by atoms with Crippen molar-refractivity contribution in [3.05, 3.63) is 75.6 Å². The van der Waals surface area contributed by atoms with Gasteiger partial charge < -0.3 is 14.6 Å². The van der Waals surface area contributed by atoms with Crippen LogP contribution in [0.5, 0.6) is 0 Å². The van der Waals surface area contributed by atoms with Gasteiger partial charge in [0.1, 0.15) is 5.56 Å². The van der Waals surface area contributed by atoms with Crippen molar-refractivity contribution >= 4 is 28.5 Å². The summed E-state index contributed by atoms with van der Waals surface area (Å²) in [6, 6.07) is 12.1. The number of ether oxygens (including phenoxy) is 1. The van der Waals surface area contributed by atoms with Crippen molar-refractivity contribution in [3.63, 3.8) is 0 Å². The first-order valence-electron chi connectivity index (χ1n) is 8.58. The molecule has 0 unspecified atom stereocenters. The average molecular weight is 364 g/mol. The fourth-order valence-electron chi connectivity index (χ4n) is 3.00. The Morgan fingerprint density at radius 2 is 1.85 bits per heavy atom. The number of esters is 1. The zero-order chi connectivity index (χ0) is 19.6. The molecule has 0 aliphatic rings. The number of benzene rings is 2. The van der Waals surface area contributed by atoms with Crippen LogP contribution in [0.4, 0.5) is 5.69 Å². The second-order valence-electron chi connectivity index (χ2n) is 6.17. The van der Waals surface area contributed by atoms with Gasteiger partial charge in [-0.05, 0) is 38.1 Å².